The first-order valence-electron chi connectivity index (χ1n) is 8.99. The van der Waals surface area contributed by atoms with Gasteiger partial charge < -0.3 is 19.7 Å². The van der Waals surface area contributed by atoms with Gasteiger partial charge in [0.25, 0.3) is 5.91 Å². The summed E-state index contributed by atoms with van der Waals surface area (Å²) in [5, 5.41) is 12.5. The fourth-order valence-corrected chi connectivity index (χ4v) is 2.72. The third-order valence-corrected chi connectivity index (χ3v) is 4.79. The number of aliphatic hydroxyl groups excluding tert-OH is 1. The molecule has 1 aliphatic carbocycles. The molecule has 8 heteroatoms. The molecule has 1 amide bonds. The lowest BCUT2D eigenvalue weighted by Crippen LogP contribution is -2.41. The van der Waals surface area contributed by atoms with Crippen LogP contribution in [0.4, 0.5) is 4.39 Å². The van der Waals surface area contributed by atoms with Crippen LogP contribution in [0.2, 0.25) is 0 Å². The van der Waals surface area contributed by atoms with Crippen molar-refractivity contribution in [1.82, 2.24) is 19.9 Å². The smallest absolute Gasteiger partial charge is 0.273 e. The molecule has 2 aromatic heterocycles. The molecule has 0 spiro atoms. The van der Waals surface area contributed by atoms with Crippen LogP contribution in [0.25, 0.3) is 0 Å². The number of halogens is 1. The van der Waals surface area contributed by atoms with Crippen molar-refractivity contribution in [3.8, 4) is 5.75 Å². The lowest BCUT2D eigenvalue weighted by molar-refractivity contribution is 0.0782. The predicted octanol–water partition coefficient (Wildman–Crippen LogP) is 2.23. The quantitative estimate of drug-likeness (QED) is 0.738. The van der Waals surface area contributed by atoms with Crippen LogP contribution in [0.15, 0.2) is 24.7 Å². The molecule has 2 heterocycles. The standard InChI is InChI=1S/C19H25FN4O3/c1-19(2,11-25)16(17-21-6-7-24(17)3)23-18(26)15-14(20)8-13(9-22-15)27-10-12-4-5-12/h6-9,12,16,25H,4-5,10-11H2,1-3H3,(H,23,26). The summed E-state index contributed by atoms with van der Waals surface area (Å²) in [7, 11) is 1.79. The Morgan fingerprint density at radius 1 is 1.48 bits per heavy atom. The van der Waals surface area contributed by atoms with Crippen molar-refractivity contribution in [2.24, 2.45) is 18.4 Å². The Balaban J connectivity index is 1.77. The van der Waals surface area contributed by atoms with Gasteiger partial charge in [0.05, 0.1) is 25.5 Å². The van der Waals surface area contributed by atoms with E-state index in [1.807, 2.05) is 0 Å². The second kappa shape index (κ2) is 7.64. The number of imidazole rings is 1. The molecule has 0 aromatic carbocycles. The second-order valence-corrected chi connectivity index (χ2v) is 7.71. The maximum absolute atomic E-state index is 14.4. The van der Waals surface area contributed by atoms with E-state index >= 15 is 0 Å². The van der Waals surface area contributed by atoms with Gasteiger partial charge in [0, 0.05) is 30.9 Å². The Kier molecular flexibility index (Phi) is 5.46. The van der Waals surface area contributed by atoms with Crippen molar-refractivity contribution in [2.45, 2.75) is 32.7 Å². The molecule has 1 atom stereocenters. The molecule has 3 rings (SSSR count). The van der Waals surface area contributed by atoms with Crippen molar-refractivity contribution in [1.29, 1.82) is 0 Å². The van der Waals surface area contributed by atoms with Gasteiger partial charge in [-0.3, -0.25) is 4.79 Å². The lowest BCUT2D eigenvalue weighted by atomic mass is 9.84. The zero-order valence-electron chi connectivity index (χ0n) is 15.8. The second-order valence-electron chi connectivity index (χ2n) is 7.71. The number of rotatable bonds is 8. The molecular weight excluding hydrogens is 351 g/mol. The summed E-state index contributed by atoms with van der Waals surface area (Å²) >= 11 is 0. The van der Waals surface area contributed by atoms with Gasteiger partial charge in [0.15, 0.2) is 11.5 Å². The zero-order valence-corrected chi connectivity index (χ0v) is 15.8. The monoisotopic (exact) mass is 376 g/mol. The van der Waals surface area contributed by atoms with Crippen molar-refractivity contribution in [3.63, 3.8) is 0 Å². The number of nitrogens with zero attached hydrogens (tertiary/aromatic N) is 3. The third-order valence-electron chi connectivity index (χ3n) is 4.79. The maximum atomic E-state index is 14.4. The highest BCUT2D eigenvalue weighted by Crippen LogP contribution is 2.32. The molecule has 0 bridgehead atoms. The number of amides is 1. The van der Waals surface area contributed by atoms with E-state index in [0.717, 1.165) is 12.8 Å². The number of aryl methyl sites for hydroxylation is 1. The van der Waals surface area contributed by atoms with E-state index < -0.39 is 23.2 Å². The van der Waals surface area contributed by atoms with E-state index in [1.165, 1.54) is 12.3 Å². The molecule has 0 aliphatic heterocycles. The molecule has 0 radical (unpaired) electrons. The molecule has 2 N–H and O–H groups in total. The SMILES string of the molecule is Cn1ccnc1C(NC(=O)c1ncc(OCC2CC2)cc1F)C(C)(C)CO. The molecule has 1 aliphatic rings. The average Bonchev–Trinajstić information content (AvgIpc) is 3.37. The van der Waals surface area contributed by atoms with Gasteiger partial charge in [-0.15, -0.1) is 0 Å². The van der Waals surface area contributed by atoms with Crippen LogP contribution in [0.3, 0.4) is 0 Å². The van der Waals surface area contributed by atoms with Crippen LogP contribution in [-0.4, -0.2) is 38.8 Å². The summed E-state index contributed by atoms with van der Waals surface area (Å²) in [4.78, 5) is 20.9. The van der Waals surface area contributed by atoms with E-state index in [-0.39, 0.29) is 12.3 Å². The van der Waals surface area contributed by atoms with E-state index in [1.54, 1.807) is 37.9 Å². The maximum Gasteiger partial charge on any atom is 0.273 e. The molecule has 27 heavy (non-hydrogen) atoms. The predicted molar refractivity (Wildman–Crippen MR) is 96.7 cm³/mol. The molecule has 1 saturated carbocycles. The summed E-state index contributed by atoms with van der Waals surface area (Å²) in [5.41, 5.74) is -1.03. The van der Waals surface area contributed by atoms with Gasteiger partial charge in [-0.05, 0) is 18.8 Å². The summed E-state index contributed by atoms with van der Waals surface area (Å²) in [6.07, 6.45) is 6.96. The van der Waals surface area contributed by atoms with E-state index in [9.17, 15) is 14.3 Å². The first kappa shape index (κ1) is 19.3. The van der Waals surface area contributed by atoms with Gasteiger partial charge >= 0.3 is 0 Å². The summed E-state index contributed by atoms with van der Waals surface area (Å²) in [6.45, 7) is 3.95. The average molecular weight is 376 g/mol. The minimum Gasteiger partial charge on any atom is -0.492 e. The zero-order chi connectivity index (χ0) is 19.6. The number of nitrogens with one attached hydrogen (secondary N) is 1. The highest BCUT2D eigenvalue weighted by molar-refractivity contribution is 5.92. The van der Waals surface area contributed by atoms with Crippen LogP contribution in [0.1, 0.15) is 49.0 Å². The summed E-state index contributed by atoms with van der Waals surface area (Å²) < 4.78 is 21.7. The number of hydrogen-bond donors (Lipinski definition) is 2. The Labute approximate surface area is 157 Å². The molecular formula is C19H25FN4O3. The molecule has 1 unspecified atom stereocenters. The first-order valence-corrected chi connectivity index (χ1v) is 8.99. The minimum atomic E-state index is -0.749. The van der Waals surface area contributed by atoms with Crippen molar-refractivity contribution in [2.75, 3.05) is 13.2 Å². The largest absolute Gasteiger partial charge is 0.492 e. The number of aromatic nitrogens is 3. The Bertz CT molecular complexity index is 817. The minimum absolute atomic E-state index is 0.186. The lowest BCUT2D eigenvalue weighted by Gasteiger charge is -2.32. The van der Waals surface area contributed by atoms with Gasteiger partial charge in [0.2, 0.25) is 0 Å². The Hall–Kier alpha value is -2.48. The van der Waals surface area contributed by atoms with Gasteiger partial charge in [0.1, 0.15) is 11.6 Å². The number of hydrogen-bond acceptors (Lipinski definition) is 5. The van der Waals surface area contributed by atoms with Gasteiger partial charge in [-0.25, -0.2) is 14.4 Å². The van der Waals surface area contributed by atoms with Crippen LogP contribution < -0.4 is 10.1 Å². The summed E-state index contributed by atoms with van der Waals surface area (Å²) in [5.74, 6) is -0.00765. The van der Waals surface area contributed by atoms with E-state index in [0.29, 0.717) is 24.1 Å². The summed E-state index contributed by atoms with van der Waals surface area (Å²) in [6, 6.07) is 0.555. The number of carbonyl (C=O) groups excluding carboxylic acids is 1. The van der Waals surface area contributed by atoms with Gasteiger partial charge in [-0.1, -0.05) is 13.8 Å². The number of carbonyl (C=O) groups is 1. The number of pyridine rings is 1. The van der Waals surface area contributed by atoms with E-state index in [4.69, 9.17) is 4.74 Å². The molecule has 0 saturated heterocycles. The van der Waals surface area contributed by atoms with Crippen LogP contribution in [0, 0.1) is 17.2 Å². The topological polar surface area (TPSA) is 89.3 Å². The van der Waals surface area contributed by atoms with Crippen LogP contribution in [0.5, 0.6) is 5.75 Å². The Morgan fingerprint density at radius 3 is 2.78 bits per heavy atom. The first-order chi connectivity index (χ1) is 12.8. The fraction of sp³-hybridized carbons (Fsp3) is 0.526. The third kappa shape index (κ3) is 4.44. The number of ether oxygens (including phenoxy) is 1. The van der Waals surface area contributed by atoms with Crippen molar-refractivity contribution >= 4 is 5.91 Å². The molecule has 7 nitrogen and oxygen atoms in total. The Morgan fingerprint density at radius 2 is 2.22 bits per heavy atom. The van der Waals surface area contributed by atoms with Crippen LogP contribution in [-0.2, 0) is 7.05 Å². The van der Waals surface area contributed by atoms with Crippen molar-refractivity contribution < 1.29 is 19.0 Å². The van der Waals surface area contributed by atoms with Crippen molar-refractivity contribution in [3.05, 3.63) is 42.0 Å². The molecule has 1 fully saturated rings. The highest BCUT2D eigenvalue weighted by Gasteiger charge is 2.35. The van der Waals surface area contributed by atoms with Gasteiger partial charge in [-0.2, -0.15) is 0 Å². The molecule has 146 valence electrons. The normalized spacial score (nSPS) is 15.4. The molecule has 2 aromatic rings. The number of aliphatic hydroxyl groups is 1. The fourth-order valence-electron chi connectivity index (χ4n) is 2.72. The van der Waals surface area contributed by atoms with Crippen LogP contribution >= 0.6 is 0 Å². The van der Waals surface area contributed by atoms with E-state index in [2.05, 4.69) is 15.3 Å². The highest BCUT2D eigenvalue weighted by atomic mass is 19.1.